The fourth-order valence-corrected chi connectivity index (χ4v) is 3.65. The van der Waals surface area contributed by atoms with Gasteiger partial charge in [0, 0.05) is 11.6 Å². The molecule has 3 N–H and O–H groups in total. The summed E-state index contributed by atoms with van der Waals surface area (Å²) in [5.74, 6) is 0.841. The monoisotopic (exact) mass is 456 g/mol. The minimum Gasteiger partial charge on any atom is -0.484 e. The maximum absolute atomic E-state index is 13.1. The minimum absolute atomic E-state index is 0.118. The number of carbonyl (C=O) groups is 1. The Kier molecular flexibility index (Phi) is 8.64. The zero-order valence-corrected chi connectivity index (χ0v) is 19.0. The summed E-state index contributed by atoms with van der Waals surface area (Å²) < 4.78 is 5.67. The van der Waals surface area contributed by atoms with E-state index in [1.807, 2.05) is 13.0 Å². The van der Waals surface area contributed by atoms with E-state index in [4.69, 9.17) is 22.1 Å². The molecule has 2 aromatic carbocycles. The number of aromatic amines is 1. The van der Waals surface area contributed by atoms with Gasteiger partial charge in [-0.3, -0.25) is 9.59 Å². The molecule has 0 radical (unpaired) electrons. The van der Waals surface area contributed by atoms with E-state index in [1.165, 1.54) is 0 Å². The Morgan fingerprint density at radius 3 is 2.59 bits per heavy atom. The van der Waals surface area contributed by atoms with Crippen LogP contribution in [0.3, 0.4) is 0 Å². The number of halogens is 1. The van der Waals surface area contributed by atoms with E-state index in [1.54, 1.807) is 47.4 Å². The summed E-state index contributed by atoms with van der Waals surface area (Å²) in [6.07, 6.45) is 3.77. The summed E-state index contributed by atoms with van der Waals surface area (Å²) in [6.45, 7) is 2.95. The molecule has 0 aliphatic carbocycles. The van der Waals surface area contributed by atoms with Gasteiger partial charge in [0.25, 0.3) is 11.5 Å². The molecule has 1 atom stereocenters. The van der Waals surface area contributed by atoms with Gasteiger partial charge in [-0.1, -0.05) is 36.6 Å². The molecule has 8 heteroatoms. The van der Waals surface area contributed by atoms with E-state index in [2.05, 4.69) is 9.97 Å². The molecular weight excluding hydrogens is 428 g/mol. The number of H-pyrrole nitrogens is 1. The van der Waals surface area contributed by atoms with Crippen molar-refractivity contribution in [2.24, 2.45) is 5.73 Å². The van der Waals surface area contributed by atoms with Crippen molar-refractivity contribution < 1.29 is 9.53 Å². The summed E-state index contributed by atoms with van der Waals surface area (Å²) in [5, 5.41) is 1.12. The molecule has 170 valence electrons. The number of ether oxygens (including phenoxy) is 1. The molecule has 32 heavy (non-hydrogen) atoms. The minimum atomic E-state index is -0.414. The third-order valence-corrected chi connectivity index (χ3v) is 5.60. The highest BCUT2D eigenvalue weighted by molar-refractivity contribution is 6.30. The number of aromatic nitrogens is 2. The van der Waals surface area contributed by atoms with Crippen LogP contribution in [0, 0.1) is 0 Å². The van der Waals surface area contributed by atoms with Crippen molar-refractivity contribution in [3.05, 3.63) is 69.7 Å². The van der Waals surface area contributed by atoms with Gasteiger partial charge in [0.1, 0.15) is 11.6 Å². The molecule has 1 unspecified atom stereocenters. The first-order valence-corrected chi connectivity index (χ1v) is 11.2. The second-order valence-electron chi connectivity index (χ2n) is 7.68. The summed E-state index contributed by atoms with van der Waals surface area (Å²) in [4.78, 5) is 34.8. The number of hydrogen-bond acceptors (Lipinski definition) is 5. The van der Waals surface area contributed by atoms with E-state index in [9.17, 15) is 9.59 Å². The van der Waals surface area contributed by atoms with Gasteiger partial charge >= 0.3 is 0 Å². The number of nitrogens with one attached hydrogen (secondary N) is 1. The highest BCUT2D eigenvalue weighted by Crippen LogP contribution is 2.20. The average molecular weight is 457 g/mol. The fourth-order valence-electron chi connectivity index (χ4n) is 3.52. The highest BCUT2D eigenvalue weighted by atomic mass is 35.5. The number of hydrogen-bond donors (Lipinski definition) is 2. The maximum Gasteiger partial charge on any atom is 0.261 e. The Morgan fingerprint density at radius 1 is 1.12 bits per heavy atom. The first-order valence-electron chi connectivity index (χ1n) is 10.9. The van der Waals surface area contributed by atoms with Gasteiger partial charge in [-0.05, 0) is 62.7 Å². The average Bonchev–Trinajstić information content (AvgIpc) is 2.80. The topological polar surface area (TPSA) is 101 Å². The first kappa shape index (κ1) is 23.8. The molecule has 1 heterocycles. The van der Waals surface area contributed by atoms with Crippen LogP contribution in [0.25, 0.3) is 10.9 Å². The van der Waals surface area contributed by atoms with Crippen LogP contribution in [0.2, 0.25) is 5.02 Å². The lowest BCUT2D eigenvalue weighted by molar-refractivity contribution is -0.135. The Hall–Kier alpha value is -2.90. The smallest absolute Gasteiger partial charge is 0.261 e. The van der Waals surface area contributed by atoms with E-state index < -0.39 is 6.04 Å². The van der Waals surface area contributed by atoms with Crippen LogP contribution < -0.4 is 16.0 Å². The number of carbonyl (C=O) groups excluding carboxylic acids is 1. The largest absolute Gasteiger partial charge is 0.484 e. The second-order valence-corrected chi connectivity index (χ2v) is 8.11. The summed E-state index contributed by atoms with van der Waals surface area (Å²) in [5.41, 5.74) is 5.96. The molecule has 0 saturated carbocycles. The number of nitrogens with zero attached hydrogens (tertiary/aromatic N) is 2. The maximum atomic E-state index is 13.1. The van der Waals surface area contributed by atoms with E-state index in [0.29, 0.717) is 40.6 Å². The Morgan fingerprint density at radius 2 is 1.84 bits per heavy atom. The lowest BCUT2D eigenvalue weighted by Crippen LogP contribution is -2.39. The van der Waals surface area contributed by atoms with E-state index in [0.717, 1.165) is 25.7 Å². The van der Waals surface area contributed by atoms with Crippen molar-refractivity contribution in [2.45, 2.75) is 38.6 Å². The van der Waals surface area contributed by atoms with Crippen molar-refractivity contribution in [3.8, 4) is 5.75 Å². The molecule has 0 spiro atoms. The van der Waals surface area contributed by atoms with Crippen LogP contribution in [0.4, 0.5) is 0 Å². The SMILES string of the molecule is CC(c1nc2ccccc2c(=O)[nH]1)N(CCCCCCN)C(=O)COc1ccc(Cl)cc1. The molecule has 0 bridgehead atoms. The van der Waals surface area contributed by atoms with Crippen LogP contribution in [-0.4, -0.2) is 40.5 Å². The van der Waals surface area contributed by atoms with Crippen LogP contribution in [-0.2, 0) is 4.79 Å². The molecule has 0 fully saturated rings. The quantitative estimate of drug-likeness (QED) is 0.423. The standard InChI is InChI=1S/C24H29ClN4O3/c1-17(23-27-21-9-5-4-8-20(21)24(31)28-23)29(15-7-3-2-6-14-26)22(30)16-32-19-12-10-18(25)11-13-19/h4-5,8-13,17H,2-3,6-7,14-16,26H2,1H3,(H,27,28,31). The predicted octanol–water partition coefficient (Wildman–Crippen LogP) is 4.06. The summed E-state index contributed by atoms with van der Waals surface area (Å²) >= 11 is 5.91. The third kappa shape index (κ3) is 6.31. The Labute approximate surface area is 192 Å². The number of rotatable bonds is 11. The van der Waals surface area contributed by atoms with Gasteiger partial charge in [0.15, 0.2) is 6.61 Å². The lowest BCUT2D eigenvalue weighted by Gasteiger charge is -2.29. The van der Waals surface area contributed by atoms with Crippen molar-refractivity contribution in [1.29, 1.82) is 0 Å². The van der Waals surface area contributed by atoms with Crippen molar-refractivity contribution in [2.75, 3.05) is 19.7 Å². The molecule has 1 amide bonds. The van der Waals surface area contributed by atoms with E-state index >= 15 is 0 Å². The molecule has 3 aromatic rings. The van der Waals surface area contributed by atoms with Gasteiger partial charge in [0.05, 0.1) is 16.9 Å². The summed E-state index contributed by atoms with van der Waals surface area (Å²) in [7, 11) is 0. The molecular formula is C24H29ClN4O3. The van der Waals surface area contributed by atoms with Gasteiger partial charge in [-0.2, -0.15) is 0 Å². The van der Waals surface area contributed by atoms with Crippen LogP contribution in [0.1, 0.15) is 44.5 Å². The number of amides is 1. The third-order valence-electron chi connectivity index (χ3n) is 5.34. The van der Waals surface area contributed by atoms with Gasteiger partial charge in [-0.25, -0.2) is 4.98 Å². The number of fused-ring (bicyclic) bond motifs is 1. The van der Waals surface area contributed by atoms with Gasteiger partial charge in [-0.15, -0.1) is 0 Å². The lowest BCUT2D eigenvalue weighted by atomic mass is 10.1. The van der Waals surface area contributed by atoms with Crippen LogP contribution >= 0.6 is 11.6 Å². The number of nitrogens with two attached hydrogens (primary N) is 1. The molecule has 7 nitrogen and oxygen atoms in total. The normalized spacial score (nSPS) is 12.0. The molecule has 0 saturated heterocycles. The zero-order valence-electron chi connectivity index (χ0n) is 18.2. The molecule has 0 aliphatic heterocycles. The Bertz CT molecular complexity index is 1080. The van der Waals surface area contributed by atoms with Crippen LogP contribution in [0.15, 0.2) is 53.3 Å². The fraction of sp³-hybridized carbons (Fsp3) is 0.375. The van der Waals surface area contributed by atoms with E-state index in [-0.39, 0.29) is 18.1 Å². The van der Waals surface area contributed by atoms with Crippen molar-refractivity contribution in [3.63, 3.8) is 0 Å². The first-order chi connectivity index (χ1) is 15.5. The number of benzene rings is 2. The van der Waals surface area contributed by atoms with Crippen molar-refractivity contribution >= 4 is 28.4 Å². The highest BCUT2D eigenvalue weighted by Gasteiger charge is 2.24. The van der Waals surface area contributed by atoms with Crippen molar-refractivity contribution in [1.82, 2.24) is 14.9 Å². The summed E-state index contributed by atoms with van der Waals surface area (Å²) in [6, 6.07) is 13.6. The van der Waals surface area contributed by atoms with Crippen LogP contribution in [0.5, 0.6) is 5.75 Å². The molecule has 3 rings (SSSR count). The second kappa shape index (κ2) is 11.6. The number of para-hydroxylation sites is 1. The Balaban J connectivity index is 1.76. The predicted molar refractivity (Wildman–Crippen MR) is 127 cm³/mol. The number of unbranched alkanes of at least 4 members (excludes halogenated alkanes) is 3. The molecule has 1 aromatic heterocycles. The van der Waals surface area contributed by atoms with Gasteiger partial charge in [0.2, 0.25) is 0 Å². The zero-order chi connectivity index (χ0) is 22.9. The van der Waals surface area contributed by atoms with Gasteiger partial charge < -0.3 is 20.4 Å². The molecule has 0 aliphatic rings.